The third-order valence-corrected chi connectivity index (χ3v) is 7.08. The molecule has 3 rings (SSSR count). The van der Waals surface area contributed by atoms with Crippen LogP contribution >= 0.6 is 0 Å². The van der Waals surface area contributed by atoms with Gasteiger partial charge in [-0.15, -0.1) is 0 Å². The van der Waals surface area contributed by atoms with Gasteiger partial charge in [-0.25, -0.2) is 0 Å². The molecule has 0 unspecified atom stereocenters. The van der Waals surface area contributed by atoms with Gasteiger partial charge in [0.1, 0.15) is 5.75 Å². The normalized spacial score (nSPS) is 22.4. The van der Waals surface area contributed by atoms with Gasteiger partial charge in [-0.2, -0.15) is 0 Å². The zero-order valence-corrected chi connectivity index (χ0v) is 13.7. The Bertz CT molecular complexity index is 487. The van der Waals surface area contributed by atoms with E-state index in [1.807, 2.05) is 0 Å². The number of hydrogen-bond acceptors (Lipinski definition) is 0. The lowest BCUT2D eigenvalue weighted by atomic mass is 9.84. The van der Waals surface area contributed by atoms with Crippen LogP contribution in [0.25, 0.3) is 0 Å². The lowest BCUT2D eigenvalue weighted by Crippen LogP contribution is -2.21. The number of rotatable bonds is 4. The van der Waals surface area contributed by atoms with Gasteiger partial charge in [0.25, 0.3) is 0 Å². The molecule has 21 heavy (non-hydrogen) atoms. The quantitative estimate of drug-likeness (QED) is 0.649. The van der Waals surface area contributed by atoms with E-state index >= 15 is 0 Å². The Balaban J connectivity index is 1.80. The SMILES string of the molecule is CC1CCC(C[S+](c2ccccc2)c2ccccc2)CC1. The minimum Gasteiger partial charge on any atom is -0.0625 e. The molecule has 1 heteroatoms. The second-order valence-corrected chi connectivity index (χ2v) is 8.37. The first-order valence-electron chi connectivity index (χ1n) is 8.14. The van der Waals surface area contributed by atoms with Gasteiger partial charge in [0.2, 0.25) is 0 Å². The van der Waals surface area contributed by atoms with Crippen molar-refractivity contribution in [1.29, 1.82) is 0 Å². The fourth-order valence-corrected chi connectivity index (χ4v) is 5.66. The lowest BCUT2D eigenvalue weighted by molar-refractivity contribution is 0.311. The maximum absolute atomic E-state index is 2.41. The highest BCUT2D eigenvalue weighted by atomic mass is 32.2. The molecule has 0 aliphatic heterocycles. The average molecular weight is 297 g/mol. The maximum atomic E-state index is 2.41. The molecule has 0 radical (unpaired) electrons. The Hall–Kier alpha value is -1.21. The van der Waals surface area contributed by atoms with Crippen LogP contribution in [0, 0.1) is 11.8 Å². The first-order valence-corrected chi connectivity index (χ1v) is 9.53. The van der Waals surface area contributed by atoms with Gasteiger partial charge in [0, 0.05) is 5.92 Å². The van der Waals surface area contributed by atoms with Gasteiger partial charge in [0.15, 0.2) is 9.79 Å². The van der Waals surface area contributed by atoms with E-state index in [1.165, 1.54) is 41.2 Å². The third-order valence-electron chi connectivity index (χ3n) is 4.59. The molecule has 0 N–H and O–H groups in total. The van der Waals surface area contributed by atoms with Crippen molar-refractivity contribution in [2.75, 3.05) is 5.75 Å². The van der Waals surface area contributed by atoms with Crippen LogP contribution < -0.4 is 0 Å². The van der Waals surface area contributed by atoms with Gasteiger partial charge >= 0.3 is 0 Å². The van der Waals surface area contributed by atoms with Gasteiger partial charge in [0.05, 0.1) is 10.9 Å². The Morgan fingerprint density at radius 2 is 1.24 bits per heavy atom. The predicted octanol–water partition coefficient (Wildman–Crippen LogP) is 5.55. The summed E-state index contributed by atoms with van der Waals surface area (Å²) in [5, 5.41) is 0. The minimum atomic E-state index is 0.240. The standard InChI is InChI=1S/C20H25S/c1-17-12-14-18(15-13-17)16-21(19-8-4-2-5-9-19)20-10-6-3-7-11-20/h2-11,17-18H,12-16H2,1H3/q+1. The Morgan fingerprint density at radius 3 is 1.71 bits per heavy atom. The molecule has 0 spiro atoms. The van der Waals surface area contributed by atoms with Crippen molar-refractivity contribution in [1.82, 2.24) is 0 Å². The summed E-state index contributed by atoms with van der Waals surface area (Å²) in [4.78, 5) is 3.00. The molecule has 1 aliphatic rings. The van der Waals surface area contributed by atoms with Crippen molar-refractivity contribution < 1.29 is 0 Å². The molecule has 1 saturated carbocycles. The molecule has 1 aliphatic carbocycles. The first kappa shape index (κ1) is 14.7. The summed E-state index contributed by atoms with van der Waals surface area (Å²) in [5.41, 5.74) is 0. The number of benzene rings is 2. The molecular weight excluding hydrogens is 272 g/mol. The van der Waals surface area contributed by atoms with E-state index in [0.29, 0.717) is 0 Å². The largest absolute Gasteiger partial charge is 0.160 e. The van der Waals surface area contributed by atoms with Crippen molar-refractivity contribution in [2.45, 2.75) is 42.4 Å². The zero-order valence-electron chi connectivity index (χ0n) is 12.9. The third kappa shape index (κ3) is 3.91. The van der Waals surface area contributed by atoms with Crippen molar-refractivity contribution in [3.8, 4) is 0 Å². The molecule has 0 nitrogen and oxygen atoms in total. The Kier molecular flexibility index (Phi) is 5.03. The van der Waals surface area contributed by atoms with E-state index in [0.717, 1.165) is 11.8 Å². The summed E-state index contributed by atoms with van der Waals surface area (Å²) in [6.07, 6.45) is 5.69. The van der Waals surface area contributed by atoms with Crippen LogP contribution in [-0.4, -0.2) is 5.75 Å². The molecule has 0 amide bonds. The van der Waals surface area contributed by atoms with E-state index in [1.54, 1.807) is 0 Å². The van der Waals surface area contributed by atoms with Crippen LogP contribution in [0.5, 0.6) is 0 Å². The van der Waals surface area contributed by atoms with Crippen molar-refractivity contribution in [3.05, 3.63) is 60.7 Å². The van der Waals surface area contributed by atoms with Crippen LogP contribution in [0.1, 0.15) is 32.6 Å². The van der Waals surface area contributed by atoms with Gasteiger partial charge in [-0.05, 0) is 43.0 Å². The summed E-state index contributed by atoms with van der Waals surface area (Å²) in [5.74, 6) is 3.18. The van der Waals surface area contributed by atoms with Crippen LogP contribution in [0.3, 0.4) is 0 Å². The average Bonchev–Trinajstić information content (AvgIpc) is 2.56. The van der Waals surface area contributed by atoms with E-state index in [2.05, 4.69) is 67.6 Å². The first-order chi connectivity index (χ1) is 10.3. The topological polar surface area (TPSA) is 0 Å². The molecule has 2 aromatic rings. The summed E-state index contributed by atoms with van der Waals surface area (Å²) < 4.78 is 0. The molecule has 0 atom stereocenters. The summed E-state index contributed by atoms with van der Waals surface area (Å²) >= 11 is 0. The molecular formula is C20H25S+. The van der Waals surface area contributed by atoms with Gasteiger partial charge in [-0.3, -0.25) is 0 Å². The fourth-order valence-electron chi connectivity index (χ4n) is 3.23. The lowest BCUT2D eigenvalue weighted by Gasteiger charge is -2.25. The highest BCUT2D eigenvalue weighted by Crippen LogP contribution is 2.33. The highest BCUT2D eigenvalue weighted by Gasteiger charge is 2.30. The molecule has 0 bridgehead atoms. The van der Waals surface area contributed by atoms with E-state index in [-0.39, 0.29) is 10.9 Å². The second kappa shape index (κ2) is 7.17. The van der Waals surface area contributed by atoms with Gasteiger partial charge in [-0.1, -0.05) is 56.2 Å². The summed E-state index contributed by atoms with van der Waals surface area (Å²) in [7, 11) is 0.240. The van der Waals surface area contributed by atoms with Crippen molar-refractivity contribution in [2.24, 2.45) is 11.8 Å². The highest BCUT2D eigenvalue weighted by molar-refractivity contribution is 7.97. The maximum Gasteiger partial charge on any atom is 0.160 e. The monoisotopic (exact) mass is 297 g/mol. The van der Waals surface area contributed by atoms with Crippen LogP contribution in [0.2, 0.25) is 0 Å². The summed E-state index contributed by atoms with van der Waals surface area (Å²) in [6.45, 7) is 2.41. The van der Waals surface area contributed by atoms with E-state index in [4.69, 9.17) is 0 Å². The molecule has 0 saturated heterocycles. The molecule has 0 aromatic heterocycles. The minimum absolute atomic E-state index is 0.240. The Labute approximate surface area is 131 Å². The number of hydrogen-bond donors (Lipinski definition) is 0. The predicted molar refractivity (Wildman–Crippen MR) is 92.8 cm³/mol. The molecule has 110 valence electrons. The fraction of sp³-hybridized carbons (Fsp3) is 0.400. The van der Waals surface area contributed by atoms with Crippen LogP contribution in [-0.2, 0) is 10.9 Å². The van der Waals surface area contributed by atoms with Gasteiger partial charge < -0.3 is 0 Å². The van der Waals surface area contributed by atoms with Crippen LogP contribution in [0.15, 0.2) is 70.5 Å². The van der Waals surface area contributed by atoms with E-state index < -0.39 is 0 Å². The van der Waals surface area contributed by atoms with Crippen LogP contribution in [0.4, 0.5) is 0 Å². The zero-order chi connectivity index (χ0) is 14.5. The van der Waals surface area contributed by atoms with E-state index in [9.17, 15) is 0 Å². The summed E-state index contributed by atoms with van der Waals surface area (Å²) in [6, 6.07) is 22.2. The van der Waals surface area contributed by atoms with Crippen molar-refractivity contribution >= 4 is 10.9 Å². The smallest absolute Gasteiger partial charge is 0.0625 e. The molecule has 0 heterocycles. The Morgan fingerprint density at radius 1 is 0.762 bits per heavy atom. The second-order valence-electron chi connectivity index (χ2n) is 6.31. The van der Waals surface area contributed by atoms with Crippen molar-refractivity contribution in [3.63, 3.8) is 0 Å². The molecule has 2 aromatic carbocycles. The molecule has 1 fully saturated rings.